The minimum Gasteiger partial charge on any atom is -0.493 e. The molecular weight excluding hydrogens is 450 g/mol. The first-order valence-electron chi connectivity index (χ1n) is 12.4. The molecule has 0 radical (unpaired) electrons. The molecule has 9 heteroatoms. The predicted octanol–water partition coefficient (Wildman–Crippen LogP) is 2.73. The van der Waals surface area contributed by atoms with Crippen molar-refractivity contribution >= 4 is 17.7 Å². The molecule has 1 saturated heterocycles. The van der Waals surface area contributed by atoms with Gasteiger partial charge in [-0.05, 0) is 55.7 Å². The van der Waals surface area contributed by atoms with Gasteiger partial charge in [-0.25, -0.2) is 0 Å². The van der Waals surface area contributed by atoms with Gasteiger partial charge in [0.1, 0.15) is 5.54 Å². The molecule has 2 aliphatic rings. The number of nitrogens with two attached hydrogens (primary N) is 2. The Labute approximate surface area is 207 Å². The van der Waals surface area contributed by atoms with E-state index in [1.54, 1.807) is 11.8 Å². The van der Waals surface area contributed by atoms with E-state index in [1.807, 2.05) is 12.1 Å². The zero-order chi connectivity index (χ0) is 25.8. The van der Waals surface area contributed by atoms with Gasteiger partial charge >= 0.3 is 0 Å². The topological polar surface area (TPSA) is 134 Å². The summed E-state index contributed by atoms with van der Waals surface area (Å²) in [5, 5.41) is 0. The number of likely N-dealkylation sites (tertiary alicyclic amines) is 1. The largest absolute Gasteiger partial charge is 0.493 e. The van der Waals surface area contributed by atoms with Gasteiger partial charge in [0.2, 0.25) is 23.5 Å². The molecule has 3 rings (SSSR count). The van der Waals surface area contributed by atoms with E-state index in [0.717, 1.165) is 44.1 Å². The number of hydrogen-bond acceptors (Lipinski definition) is 6. The van der Waals surface area contributed by atoms with Crippen molar-refractivity contribution in [2.24, 2.45) is 23.3 Å². The molecule has 1 heterocycles. The number of benzene rings is 1. The van der Waals surface area contributed by atoms with E-state index in [9.17, 15) is 14.4 Å². The molecule has 35 heavy (non-hydrogen) atoms. The standard InChI is InChI=1S/C26H39N3O6/c1-16(23(27)30)26(25(28)32)12-8-9-13-29(26)24(31)21(17-10-6-5-7-11-17)18-14-19(33-2)22(35-4)20(15-18)34-3/h14-17,21H,5-13H2,1-4H3,(H2,27,30)(H2,28,32)/t16-,21+,26?/m1/s1. The fraction of sp³-hybridized carbons (Fsp3) is 0.654. The second kappa shape index (κ2) is 11.2. The molecule has 1 aromatic carbocycles. The van der Waals surface area contributed by atoms with E-state index in [0.29, 0.717) is 36.6 Å². The smallest absolute Gasteiger partial charge is 0.244 e. The van der Waals surface area contributed by atoms with Gasteiger partial charge in [-0.1, -0.05) is 26.2 Å². The van der Waals surface area contributed by atoms with Gasteiger partial charge in [-0.15, -0.1) is 0 Å². The summed E-state index contributed by atoms with van der Waals surface area (Å²) in [5.41, 5.74) is 10.9. The highest BCUT2D eigenvalue weighted by molar-refractivity contribution is 5.97. The van der Waals surface area contributed by atoms with Crippen LogP contribution in [0, 0.1) is 11.8 Å². The predicted molar refractivity (Wildman–Crippen MR) is 131 cm³/mol. The Morgan fingerprint density at radius 3 is 2.03 bits per heavy atom. The van der Waals surface area contributed by atoms with Crippen molar-refractivity contribution in [1.82, 2.24) is 4.90 Å². The minimum absolute atomic E-state index is 0.0652. The Morgan fingerprint density at radius 1 is 0.943 bits per heavy atom. The maximum absolute atomic E-state index is 14.5. The molecule has 1 aromatic rings. The van der Waals surface area contributed by atoms with Gasteiger partial charge in [-0.3, -0.25) is 14.4 Å². The van der Waals surface area contributed by atoms with Crippen molar-refractivity contribution < 1.29 is 28.6 Å². The summed E-state index contributed by atoms with van der Waals surface area (Å²) in [6, 6.07) is 3.62. The van der Waals surface area contributed by atoms with Crippen LogP contribution in [-0.2, 0) is 14.4 Å². The highest BCUT2D eigenvalue weighted by atomic mass is 16.5. The normalized spacial score (nSPS) is 22.7. The fourth-order valence-corrected chi connectivity index (χ4v) is 5.99. The second-order valence-corrected chi connectivity index (χ2v) is 9.69. The summed E-state index contributed by atoms with van der Waals surface area (Å²) in [5.74, 6) is -1.58. The van der Waals surface area contributed by atoms with E-state index in [-0.39, 0.29) is 11.8 Å². The van der Waals surface area contributed by atoms with Crippen molar-refractivity contribution in [3.05, 3.63) is 17.7 Å². The number of nitrogens with zero attached hydrogens (tertiary/aromatic N) is 1. The van der Waals surface area contributed by atoms with Crippen molar-refractivity contribution in [2.75, 3.05) is 27.9 Å². The zero-order valence-corrected chi connectivity index (χ0v) is 21.3. The number of piperidine rings is 1. The number of carbonyl (C=O) groups is 3. The molecule has 0 aromatic heterocycles. The van der Waals surface area contributed by atoms with Crippen LogP contribution in [0.1, 0.15) is 69.8 Å². The number of amides is 3. The lowest BCUT2D eigenvalue weighted by Gasteiger charge is -2.49. The quantitative estimate of drug-likeness (QED) is 0.548. The molecule has 1 aliphatic carbocycles. The van der Waals surface area contributed by atoms with Gasteiger partial charge in [0.15, 0.2) is 11.5 Å². The first-order valence-corrected chi connectivity index (χ1v) is 12.4. The van der Waals surface area contributed by atoms with Crippen LogP contribution in [0.15, 0.2) is 12.1 Å². The molecule has 3 amide bonds. The molecule has 4 N–H and O–H groups in total. The highest BCUT2D eigenvalue weighted by Crippen LogP contribution is 2.46. The molecule has 3 atom stereocenters. The number of hydrogen-bond donors (Lipinski definition) is 2. The van der Waals surface area contributed by atoms with E-state index in [4.69, 9.17) is 25.7 Å². The summed E-state index contributed by atoms with van der Waals surface area (Å²) in [6.07, 6.45) is 6.66. The molecule has 194 valence electrons. The Kier molecular flexibility index (Phi) is 8.51. The lowest BCUT2D eigenvalue weighted by atomic mass is 9.72. The first-order chi connectivity index (χ1) is 16.7. The molecule has 1 aliphatic heterocycles. The molecule has 0 bridgehead atoms. The number of carbonyl (C=O) groups excluding carboxylic acids is 3. The number of rotatable bonds is 9. The van der Waals surface area contributed by atoms with Crippen molar-refractivity contribution in [2.45, 2.75) is 69.7 Å². The molecule has 9 nitrogen and oxygen atoms in total. The molecule has 2 fully saturated rings. The molecule has 1 saturated carbocycles. The summed E-state index contributed by atoms with van der Waals surface area (Å²) in [4.78, 5) is 41.2. The van der Waals surface area contributed by atoms with Crippen LogP contribution in [0.2, 0.25) is 0 Å². The Bertz CT molecular complexity index is 920. The van der Waals surface area contributed by atoms with E-state index < -0.39 is 29.2 Å². The summed E-state index contributed by atoms with van der Waals surface area (Å²) in [6.45, 7) is 1.93. The average molecular weight is 490 g/mol. The molecule has 1 unspecified atom stereocenters. The van der Waals surface area contributed by atoms with Crippen LogP contribution in [0.4, 0.5) is 0 Å². The van der Waals surface area contributed by atoms with E-state index in [1.165, 1.54) is 21.3 Å². The van der Waals surface area contributed by atoms with Gasteiger partial charge in [-0.2, -0.15) is 0 Å². The second-order valence-electron chi connectivity index (χ2n) is 9.69. The average Bonchev–Trinajstić information content (AvgIpc) is 2.87. The summed E-state index contributed by atoms with van der Waals surface area (Å²) >= 11 is 0. The maximum Gasteiger partial charge on any atom is 0.244 e. The Balaban J connectivity index is 2.16. The third-order valence-corrected chi connectivity index (χ3v) is 7.94. The monoisotopic (exact) mass is 489 g/mol. The van der Waals surface area contributed by atoms with Gasteiger partial charge in [0.25, 0.3) is 0 Å². The van der Waals surface area contributed by atoms with Crippen LogP contribution in [0.5, 0.6) is 17.2 Å². The van der Waals surface area contributed by atoms with Gasteiger partial charge in [0, 0.05) is 6.54 Å². The summed E-state index contributed by atoms with van der Waals surface area (Å²) in [7, 11) is 4.61. The summed E-state index contributed by atoms with van der Waals surface area (Å²) < 4.78 is 16.6. The van der Waals surface area contributed by atoms with Crippen LogP contribution >= 0.6 is 0 Å². The molecule has 0 spiro atoms. The van der Waals surface area contributed by atoms with Crippen LogP contribution in [0.3, 0.4) is 0 Å². The minimum atomic E-state index is -1.45. The number of methoxy groups -OCH3 is 3. The Hall–Kier alpha value is -2.97. The lowest BCUT2D eigenvalue weighted by molar-refractivity contribution is -0.158. The molecular formula is C26H39N3O6. The SMILES string of the molecule is COc1cc([C@@H](C(=O)N2CCCCC2(C(N)=O)[C@H](C)C(N)=O)C2CCCCC2)cc(OC)c1OC. The third kappa shape index (κ3) is 4.90. The zero-order valence-electron chi connectivity index (χ0n) is 21.3. The third-order valence-electron chi connectivity index (χ3n) is 7.94. The van der Waals surface area contributed by atoms with E-state index in [2.05, 4.69) is 0 Å². The van der Waals surface area contributed by atoms with Gasteiger partial charge < -0.3 is 30.6 Å². The lowest BCUT2D eigenvalue weighted by Crippen LogP contribution is -2.67. The van der Waals surface area contributed by atoms with Crippen LogP contribution < -0.4 is 25.7 Å². The van der Waals surface area contributed by atoms with Gasteiger partial charge in [0.05, 0.1) is 33.2 Å². The van der Waals surface area contributed by atoms with Crippen LogP contribution in [-0.4, -0.2) is 56.0 Å². The maximum atomic E-state index is 14.5. The fourth-order valence-electron chi connectivity index (χ4n) is 5.99. The number of primary amides is 2. The highest BCUT2D eigenvalue weighted by Gasteiger charge is 2.54. The van der Waals surface area contributed by atoms with Crippen molar-refractivity contribution in [3.63, 3.8) is 0 Å². The van der Waals surface area contributed by atoms with Crippen LogP contribution in [0.25, 0.3) is 0 Å². The Morgan fingerprint density at radius 2 is 1.54 bits per heavy atom. The first kappa shape index (κ1) is 26.6. The van der Waals surface area contributed by atoms with Crippen molar-refractivity contribution in [3.8, 4) is 17.2 Å². The number of ether oxygens (including phenoxy) is 3. The van der Waals surface area contributed by atoms with Crippen molar-refractivity contribution in [1.29, 1.82) is 0 Å². The van der Waals surface area contributed by atoms with E-state index >= 15 is 0 Å².